The second-order valence-corrected chi connectivity index (χ2v) is 10.6. The Morgan fingerprint density at radius 2 is 1.77 bits per heavy atom. The zero-order valence-corrected chi connectivity index (χ0v) is 19.6. The fraction of sp³-hybridized carbons (Fsp3) is 0.375. The van der Waals surface area contributed by atoms with Crippen LogP contribution >= 0.6 is 0 Å². The zero-order chi connectivity index (χ0) is 25.4. The number of aliphatic carboxylic acids is 1. The van der Waals surface area contributed by atoms with Crippen molar-refractivity contribution in [3.63, 3.8) is 0 Å². The molecule has 0 saturated carbocycles. The van der Waals surface area contributed by atoms with Crippen LogP contribution in [0.4, 0.5) is 18.9 Å². The second kappa shape index (κ2) is 9.54. The van der Waals surface area contributed by atoms with Crippen molar-refractivity contribution in [1.29, 1.82) is 0 Å². The van der Waals surface area contributed by atoms with E-state index < -0.39 is 33.5 Å². The average Bonchev–Trinajstić information content (AvgIpc) is 3.24. The van der Waals surface area contributed by atoms with Gasteiger partial charge in [0.05, 0.1) is 16.5 Å². The molecule has 1 heterocycles. The molecule has 1 aliphatic carbocycles. The first kappa shape index (κ1) is 25.1. The van der Waals surface area contributed by atoms with Crippen LogP contribution in [-0.2, 0) is 27.5 Å². The lowest BCUT2D eigenvalue weighted by molar-refractivity contribution is -0.274. The number of carbonyl (C=O) groups is 1. The standard InChI is InChI=1S/C24H25F3N2O5S/c1-2-22(35(32,33)21-9-5-6-16-14-17(23(30)31)15-18(16)21)29-12-10-28(11-13-29)19-7-3-4-8-20(19)34-24(25,26)27/h2-9,17,22H,1,10-15H2,(H,30,31). The number of para-hydroxylation sites is 2. The molecular weight excluding hydrogens is 485 g/mol. The van der Waals surface area contributed by atoms with Gasteiger partial charge >= 0.3 is 12.3 Å². The van der Waals surface area contributed by atoms with Crippen LogP contribution < -0.4 is 9.64 Å². The number of carboxylic acid groups (broad SMARTS) is 1. The van der Waals surface area contributed by atoms with Gasteiger partial charge in [0.25, 0.3) is 0 Å². The van der Waals surface area contributed by atoms with Gasteiger partial charge in [-0.15, -0.1) is 19.8 Å². The Kier molecular flexibility index (Phi) is 6.83. The Morgan fingerprint density at radius 1 is 1.09 bits per heavy atom. The number of halogens is 3. The van der Waals surface area contributed by atoms with E-state index in [4.69, 9.17) is 0 Å². The number of piperazine rings is 1. The number of fused-ring (bicyclic) bond motifs is 1. The molecule has 0 bridgehead atoms. The number of anilines is 1. The molecule has 2 aromatic carbocycles. The Labute approximate surface area is 201 Å². The third-order valence-electron chi connectivity index (χ3n) is 6.43. The number of hydrogen-bond acceptors (Lipinski definition) is 6. The molecule has 1 aliphatic heterocycles. The number of alkyl halides is 3. The molecule has 2 atom stereocenters. The van der Waals surface area contributed by atoms with Crippen molar-refractivity contribution in [3.05, 3.63) is 66.2 Å². The van der Waals surface area contributed by atoms with Gasteiger partial charge in [0.2, 0.25) is 0 Å². The quantitative estimate of drug-likeness (QED) is 0.571. The Balaban J connectivity index is 1.53. The summed E-state index contributed by atoms with van der Waals surface area (Å²) in [6.07, 6.45) is -3.05. The minimum absolute atomic E-state index is 0.106. The normalized spacial score (nSPS) is 19.7. The minimum atomic E-state index is -4.82. The summed E-state index contributed by atoms with van der Waals surface area (Å²) in [6.45, 7) is 4.82. The van der Waals surface area contributed by atoms with Gasteiger partial charge in [-0.1, -0.05) is 30.3 Å². The topological polar surface area (TPSA) is 87.2 Å². The maximum absolute atomic E-state index is 13.6. The monoisotopic (exact) mass is 510 g/mol. The summed E-state index contributed by atoms with van der Waals surface area (Å²) in [5.41, 5.74) is 1.53. The van der Waals surface area contributed by atoms with Crippen molar-refractivity contribution in [2.24, 2.45) is 5.92 Å². The van der Waals surface area contributed by atoms with Gasteiger partial charge in [-0.3, -0.25) is 9.69 Å². The summed E-state index contributed by atoms with van der Waals surface area (Å²) < 4.78 is 69.8. The van der Waals surface area contributed by atoms with E-state index >= 15 is 0 Å². The fourth-order valence-corrected chi connectivity index (χ4v) is 6.75. The van der Waals surface area contributed by atoms with E-state index in [0.717, 1.165) is 0 Å². The first-order chi connectivity index (χ1) is 16.5. The molecule has 0 aromatic heterocycles. The van der Waals surface area contributed by atoms with Gasteiger partial charge in [-0.25, -0.2) is 8.42 Å². The SMILES string of the molecule is C=CC(N1CCN(c2ccccc2OC(F)(F)F)CC1)S(=O)(=O)c1cccc2c1CC(C(=O)O)C2. The predicted molar refractivity (Wildman–Crippen MR) is 123 cm³/mol. The highest BCUT2D eigenvalue weighted by Gasteiger charge is 2.38. The Bertz CT molecular complexity index is 1220. The molecule has 11 heteroatoms. The number of sulfone groups is 1. The summed E-state index contributed by atoms with van der Waals surface area (Å²) in [7, 11) is -3.92. The van der Waals surface area contributed by atoms with Crippen molar-refractivity contribution >= 4 is 21.5 Å². The van der Waals surface area contributed by atoms with Crippen LogP contribution in [0, 0.1) is 5.92 Å². The summed E-state index contributed by atoms with van der Waals surface area (Å²) in [5.74, 6) is -1.93. The molecule has 2 unspecified atom stereocenters. The van der Waals surface area contributed by atoms with Crippen molar-refractivity contribution in [2.45, 2.75) is 29.5 Å². The summed E-state index contributed by atoms with van der Waals surface area (Å²) in [6, 6.07) is 10.7. The van der Waals surface area contributed by atoms with Crippen molar-refractivity contribution in [3.8, 4) is 5.75 Å². The van der Waals surface area contributed by atoms with E-state index in [9.17, 15) is 31.5 Å². The summed E-state index contributed by atoms with van der Waals surface area (Å²) >= 11 is 0. The van der Waals surface area contributed by atoms with E-state index in [2.05, 4.69) is 11.3 Å². The number of carboxylic acids is 1. The maximum atomic E-state index is 13.6. The van der Waals surface area contributed by atoms with Crippen molar-refractivity contribution in [1.82, 2.24) is 4.90 Å². The van der Waals surface area contributed by atoms with Crippen LogP contribution in [0.1, 0.15) is 11.1 Å². The Morgan fingerprint density at radius 3 is 2.40 bits per heavy atom. The Hall–Kier alpha value is -3.05. The predicted octanol–water partition coefficient (Wildman–Crippen LogP) is 3.49. The largest absolute Gasteiger partial charge is 0.573 e. The summed E-state index contributed by atoms with van der Waals surface area (Å²) in [4.78, 5) is 15.0. The van der Waals surface area contributed by atoms with Crippen LogP contribution in [0.25, 0.3) is 0 Å². The van der Waals surface area contributed by atoms with Crippen LogP contribution in [0.5, 0.6) is 5.75 Å². The minimum Gasteiger partial charge on any atom is -0.481 e. The van der Waals surface area contributed by atoms with Crippen LogP contribution in [0.3, 0.4) is 0 Å². The second-order valence-electron chi connectivity index (χ2n) is 8.55. The molecule has 0 spiro atoms. The molecule has 1 saturated heterocycles. The first-order valence-corrected chi connectivity index (χ1v) is 12.6. The van der Waals surface area contributed by atoms with E-state index in [1.54, 1.807) is 28.0 Å². The lowest BCUT2D eigenvalue weighted by Crippen LogP contribution is -2.52. The zero-order valence-electron chi connectivity index (χ0n) is 18.7. The van der Waals surface area contributed by atoms with Gasteiger partial charge in [0, 0.05) is 26.2 Å². The van der Waals surface area contributed by atoms with Crippen molar-refractivity contribution in [2.75, 3.05) is 31.1 Å². The number of nitrogens with zero attached hydrogens (tertiary/aromatic N) is 2. The molecule has 188 valence electrons. The van der Waals surface area contributed by atoms with E-state index in [1.807, 2.05) is 0 Å². The molecule has 7 nitrogen and oxygen atoms in total. The molecule has 0 amide bonds. The molecule has 1 N–H and O–H groups in total. The van der Waals surface area contributed by atoms with Crippen LogP contribution in [0.2, 0.25) is 0 Å². The van der Waals surface area contributed by atoms with Gasteiger partial charge in [-0.2, -0.15) is 0 Å². The lowest BCUT2D eigenvalue weighted by atomic mass is 10.1. The molecule has 35 heavy (non-hydrogen) atoms. The van der Waals surface area contributed by atoms with Crippen LogP contribution in [-0.4, -0.2) is 62.3 Å². The highest BCUT2D eigenvalue weighted by molar-refractivity contribution is 7.92. The average molecular weight is 511 g/mol. The molecule has 4 rings (SSSR count). The molecule has 2 aliphatic rings. The highest BCUT2D eigenvalue weighted by atomic mass is 32.2. The number of ether oxygens (including phenoxy) is 1. The molecular formula is C24H25F3N2O5S. The van der Waals surface area contributed by atoms with E-state index in [1.165, 1.54) is 30.3 Å². The lowest BCUT2D eigenvalue weighted by Gasteiger charge is -2.39. The van der Waals surface area contributed by atoms with E-state index in [-0.39, 0.29) is 55.4 Å². The van der Waals surface area contributed by atoms with Gasteiger partial charge in [0.15, 0.2) is 15.6 Å². The van der Waals surface area contributed by atoms with Gasteiger partial charge < -0.3 is 14.7 Å². The number of benzene rings is 2. The number of hydrogen-bond donors (Lipinski definition) is 1. The first-order valence-electron chi connectivity index (χ1n) is 11.0. The fourth-order valence-electron chi connectivity index (χ4n) is 4.81. The number of rotatable bonds is 7. The molecule has 0 radical (unpaired) electrons. The third-order valence-corrected chi connectivity index (χ3v) is 8.55. The highest BCUT2D eigenvalue weighted by Crippen LogP contribution is 2.36. The smallest absolute Gasteiger partial charge is 0.481 e. The molecule has 2 aromatic rings. The van der Waals surface area contributed by atoms with Crippen molar-refractivity contribution < 1.29 is 36.2 Å². The third kappa shape index (κ3) is 5.15. The maximum Gasteiger partial charge on any atom is 0.573 e. The van der Waals surface area contributed by atoms with Crippen LogP contribution in [0.15, 0.2) is 60.0 Å². The van der Waals surface area contributed by atoms with E-state index in [0.29, 0.717) is 11.1 Å². The van der Waals surface area contributed by atoms with Gasteiger partial charge in [-0.05, 0) is 42.2 Å². The molecule has 1 fully saturated rings. The van der Waals surface area contributed by atoms with Gasteiger partial charge in [0.1, 0.15) is 5.37 Å². The summed E-state index contributed by atoms with van der Waals surface area (Å²) in [5, 5.41) is 8.34.